The van der Waals surface area contributed by atoms with Crippen molar-refractivity contribution >= 4 is 12.6 Å². The average Bonchev–Trinajstić information content (AvgIpc) is 1.64. The molecular formula is C4H5N2OS+. The fraction of sp³-hybridized carbons (Fsp3) is 0. The van der Waals surface area contributed by atoms with Crippen LogP contribution in [0.4, 0.5) is 0 Å². The average molecular weight is 129 g/mol. The molecule has 1 heterocycles. The van der Waals surface area contributed by atoms with E-state index in [0.29, 0.717) is 5.03 Å². The number of thiol groups is 1. The Bertz CT molecular complexity index is 231. The van der Waals surface area contributed by atoms with E-state index in [0.717, 1.165) is 0 Å². The van der Waals surface area contributed by atoms with Crippen molar-refractivity contribution in [2.24, 2.45) is 0 Å². The van der Waals surface area contributed by atoms with Crippen molar-refractivity contribution in [1.82, 2.24) is 4.98 Å². The van der Waals surface area contributed by atoms with Crippen molar-refractivity contribution in [3.05, 3.63) is 22.7 Å². The highest BCUT2D eigenvalue weighted by Gasteiger charge is 1.89. The van der Waals surface area contributed by atoms with Crippen LogP contribution in [0, 0.1) is 0 Å². The zero-order valence-corrected chi connectivity index (χ0v) is 4.90. The standard InChI is InChI=1S/C4H4N2OS/c7-4-5-2-1-3(8)6-4/h1-2H,(H2,5,6,7,8)/p+1. The van der Waals surface area contributed by atoms with Crippen LogP contribution >= 0.6 is 12.6 Å². The van der Waals surface area contributed by atoms with Gasteiger partial charge in [-0.1, -0.05) is 0 Å². The Morgan fingerprint density at radius 1 is 1.75 bits per heavy atom. The van der Waals surface area contributed by atoms with Crippen LogP contribution in [0.25, 0.3) is 0 Å². The first-order chi connectivity index (χ1) is 3.79. The molecule has 3 nitrogen and oxygen atoms in total. The van der Waals surface area contributed by atoms with Crippen LogP contribution in [0.3, 0.4) is 0 Å². The Morgan fingerprint density at radius 3 is 2.88 bits per heavy atom. The quantitative estimate of drug-likeness (QED) is 0.359. The maximum absolute atomic E-state index is 10.3. The molecule has 0 aromatic carbocycles. The van der Waals surface area contributed by atoms with Crippen LogP contribution in [-0.4, -0.2) is 4.98 Å². The minimum Gasteiger partial charge on any atom is -0.211 e. The zero-order valence-electron chi connectivity index (χ0n) is 4.01. The SMILES string of the molecule is O=c1[nH]c(S)cc[nH+]1. The van der Waals surface area contributed by atoms with Gasteiger partial charge >= 0.3 is 5.69 Å². The zero-order chi connectivity index (χ0) is 5.98. The predicted octanol–water partition coefficient (Wildman–Crippen LogP) is -0.522. The summed E-state index contributed by atoms with van der Waals surface area (Å²) in [5.74, 6) is 0. The summed E-state index contributed by atoms with van der Waals surface area (Å²) in [5, 5.41) is 0.564. The summed E-state index contributed by atoms with van der Waals surface area (Å²) >= 11 is 3.88. The van der Waals surface area contributed by atoms with E-state index >= 15 is 0 Å². The second-order valence-corrected chi connectivity index (χ2v) is 1.80. The van der Waals surface area contributed by atoms with Crippen molar-refractivity contribution < 1.29 is 4.98 Å². The lowest BCUT2D eigenvalue weighted by Crippen LogP contribution is -2.28. The van der Waals surface area contributed by atoms with Crippen LogP contribution in [-0.2, 0) is 0 Å². The molecule has 4 heteroatoms. The van der Waals surface area contributed by atoms with Gasteiger partial charge in [0.05, 0.1) is 6.20 Å². The van der Waals surface area contributed by atoms with Crippen LogP contribution in [0.15, 0.2) is 22.1 Å². The minimum absolute atomic E-state index is 0.238. The smallest absolute Gasteiger partial charge is 0.211 e. The summed E-state index contributed by atoms with van der Waals surface area (Å²) in [6.07, 6.45) is 1.53. The summed E-state index contributed by atoms with van der Waals surface area (Å²) in [6.45, 7) is 0. The molecule has 2 N–H and O–H groups in total. The van der Waals surface area contributed by atoms with E-state index in [2.05, 4.69) is 22.6 Å². The first kappa shape index (κ1) is 5.37. The second-order valence-electron chi connectivity index (χ2n) is 1.32. The first-order valence-corrected chi connectivity index (χ1v) is 2.54. The molecule has 1 aromatic rings. The van der Waals surface area contributed by atoms with E-state index < -0.39 is 0 Å². The van der Waals surface area contributed by atoms with Gasteiger partial charge in [0.15, 0.2) is 5.03 Å². The van der Waals surface area contributed by atoms with Gasteiger partial charge < -0.3 is 0 Å². The Labute approximate surface area is 51.2 Å². The van der Waals surface area contributed by atoms with Crippen molar-refractivity contribution in [3.8, 4) is 0 Å². The summed E-state index contributed by atoms with van der Waals surface area (Å²) in [4.78, 5) is 15.2. The van der Waals surface area contributed by atoms with Gasteiger partial charge in [-0.2, -0.15) is 9.78 Å². The number of hydrogen-bond donors (Lipinski definition) is 2. The molecule has 0 aliphatic heterocycles. The highest BCUT2D eigenvalue weighted by Crippen LogP contribution is 1.89. The lowest BCUT2D eigenvalue weighted by atomic mass is 10.7. The molecule has 0 fully saturated rings. The van der Waals surface area contributed by atoms with Gasteiger partial charge in [-0.3, -0.25) is 0 Å². The molecule has 0 spiro atoms. The summed E-state index contributed by atoms with van der Waals surface area (Å²) in [7, 11) is 0. The molecule has 0 bridgehead atoms. The minimum atomic E-state index is -0.238. The molecule has 8 heavy (non-hydrogen) atoms. The summed E-state index contributed by atoms with van der Waals surface area (Å²) < 4.78 is 0. The molecule has 0 amide bonds. The van der Waals surface area contributed by atoms with Crippen molar-refractivity contribution in [2.45, 2.75) is 5.03 Å². The normalized spacial score (nSPS) is 9.12. The lowest BCUT2D eigenvalue weighted by Gasteiger charge is -1.75. The molecule has 1 aromatic heterocycles. The molecule has 0 aliphatic carbocycles. The topological polar surface area (TPSA) is 47.0 Å². The maximum atomic E-state index is 10.3. The van der Waals surface area contributed by atoms with Gasteiger partial charge in [0.25, 0.3) is 0 Å². The number of hydrogen-bond acceptors (Lipinski definition) is 2. The number of H-pyrrole nitrogens is 2. The fourth-order valence-corrected chi connectivity index (χ4v) is 0.566. The van der Waals surface area contributed by atoms with E-state index in [4.69, 9.17) is 0 Å². The van der Waals surface area contributed by atoms with Crippen molar-refractivity contribution in [2.75, 3.05) is 0 Å². The lowest BCUT2D eigenvalue weighted by molar-refractivity contribution is -0.403. The third-order valence-corrected chi connectivity index (χ3v) is 0.958. The third kappa shape index (κ3) is 1.10. The Hall–Kier alpha value is -0.770. The molecule has 1 rings (SSSR count). The molecule has 0 unspecified atom stereocenters. The number of aromatic nitrogens is 2. The van der Waals surface area contributed by atoms with Crippen molar-refractivity contribution in [3.63, 3.8) is 0 Å². The van der Waals surface area contributed by atoms with Gasteiger partial charge in [-0.15, -0.1) is 12.6 Å². The Morgan fingerprint density at radius 2 is 2.50 bits per heavy atom. The van der Waals surface area contributed by atoms with Gasteiger partial charge in [0.1, 0.15) is 0 Å². The van der Waals surface area contributed by atoms with Crippen molar-refractivity contribution in [1.29, 1.82) is 0 Å². The van der Waals surface area contributed by atoms with E-state index in [1.165, 1.54) is 6.20 Å². The Balaban J connectivity index is 3.28. The number of nitrogens with one attached hydrogen (secondary N) is 2. The summed E-state index contributed by atoms with van der Waals surface area (Å²) in [5.41, 5.74) is -0.238. The fourth-order valence-electron chi connectivity index (χ4n) is 0.390. The molecule has 42 valence electrons. The van der Waals surface area contributed by atoms with E-state index in [1.54, 1.807) is 6.07 Å². The second kappa shape index (κ2) is 2.00. The molecule has 0 saturated heterocycles. The highest BCUT2D eigenvalue weighted by atomic mass is 32.1. The molecule has 0 radical (unpaired) electrons. The predicted molar refractivity (Wildman–Crippen MR) is 30.9 cm³/mol. The van der Waals surface area contributed by atoms with Gasteiger partial charge in [0.2, 0.25) is 0 Å². The largest absolute Gasteiger partial charge is 0.494 e. The maximum Gasteiger partial charge on any atom is 0.494 e. The monoisotopic (exact) mass is 129 g/mol. The highest BCUT2D eigenvalue weighted by molar-refractivity contribution is 7.80. The van der Waals surface area contributed by atoms with Gasteiger partial charge in [-0.25, -0.2) is 4.98 Å². The van der Waals surface area contributed by atoms with Crippen LogP contribution < -0.4 is 10.7 Å². The molecular weight excluding hydrogens is 124 g/mol. The number of rotatable bonds is 0. The van der Waals surface area contributed by atoms with E-state index in [9.17, 15) is 4.79 Å². The van der Waals surface area contributed by atoms with Crippen LogP contribution in [0.1, 0.15) is 0 Å². The van der Waals surface area contributed by atoms with E-state index in [1.807, 2.05) is 0 Å². The molecule has 0 aliphatic rings. The molecule has 0 saturated carbocycles. The van der Waals surface area contributed by atoms with Crippen LogP contribution in [0.5, 0.6) is 0 Å². The third-order valence-electron chi connectivity index (χ3n) is 0.697. The Kier molecular flexibility index (Phi) is 1.34. The molecule has 0 atom stereocenters. The van der Waals surface area contributed by atoms with E-state index in [-0.39, 0.29) is 5.69 Å². The first-order valence-electron chi connectivity index (χ1n) is 2.09. The number of aromatic amines is 2. The van der Waals surface area contributed by atoms with Crippen LogP contribution in [0.2, 0.25) is 0 Å². The van der Waals surface area contributed by atoms with Gasteiger partial charge in [0, 0.05) is 6.07 Å². The summed E-state index contributed by atoms with van der Waals surface area (Å²) in [6, 6.07) is 1.66. The van der Waals surface area contributed by atoms with Gasteiger partial charge in [-0.05, 0) is 0 Å².